The van der Waals surface area contributed by atoms with Crippen LogP contribution in [-0.2, 0) is 11.3 Å². The Morgan fingerprint density at radius 1 is 1.38 bits per heavy atom. The Kier molecular flexibility index (Phi) is 6.99. The highest BCUT2D eigenvalue weighted by molar-refractivity contribution is 5.96. The molecule has 152 valence electrons. The van der Waals surface area contributed by atoms with Crippen LogP contribution in [0.15, 0.2) is 47.9 Å². The summed E-state index contributed by atoms with van der Waals surface area (Å²) in [4.78, 5) is 38.5. The zero-order chi connectivity index (χ0) is 21.6. The lowest BCUT2D eigenvalue weighted by Crippen LogP contribution is -2.35. The number of hydrogen-bond donors (Lipinski definition) is 4. The second-order valence-electron chi connectivity index (χ2n) is 5.88. The van der Waals surface area contributed by atoms with E-state index < -0.39 is 11.9 Å². The maximum atomic E-state index is 12.8. The zero-order valence-corrected chi connectivity index (χ0v) is 15.8. The maximum absolute atomic E-state index is 12.8. The third-order valence-corrected chi connectivity index (χ3v) is 3.79. The molecule has 10 heteroatoms. The minimum Gasteiger partial charge on any atom is -0.481 e. The SMILES string of the molecule is C=CCNC(=O)c1cc2c(=O)n3ccccc3nc2n(CCO)c1=N.CC(=O)O. The Labute approximate surface area is 164 Å². The molecule has 0 fully saturated rings. The smallest absolute Gasteiger partial charge is 0.300 e. The molecule has 0 spiro atoms. The van der Waals surface area contributed by atoms with Crippen molar-refractivity contribution in [2.75, 3.05) is 13.2 Å². The largest absolute Gasteiger partial charge is 0.481 e. The second-order valence-corrected chi connectivity index (χ2v) is 5.88. The molecule has 0 aliphatic heterocycles. The van der Waals surface area contributed by atoms with Crippen LogP contribution < -0.4 is 16.4 Å². The molecule has 0 saturated carbocycles. The van der Waals surface area contributed by atoms with Crippen molar-refractivity contribution in [3.8, 4) is 0 Å². The van der Waals surface area contributed by atoms with E-state index in [0.29, 0.717) is 5.65 Å². The Bertz CT molecular complexity index is 1190. The van der Waals surface area contributed by atoms with Crippen LogP contribution in [-0.4, -0.2) is 49.2 Å². The monoisotopic (exact) mass is 399 g/mol. The van der Waals surface area contributed by atoms with Crippen molar-refractivity contribution in [3.05, 3.63) is 64.5 Å². The van der Waals surface area contributed by atoms with Gasteiger partial charge < -0.3 is 20.1 Å². The third kappa shape index (κ3) is 4.74. The molecule has 29 heavy (non-hydrogen) atoms. The number of nitrogens with zero attached hydrogens (tertiary/aromatic N) is 3. The number of aliphatic hydroxyl groups is 1. The first-order valence-electron chi connectivity index (χ1n) is 8.60. The molecular weight excluding hydrogens is 378 g/mol. The van der Waals surface area contributed by atoms with Crippen LogP contribution in [0.1, 0.15) is 17.3 Å². The molecule has 0 aromatic carbocycles. The van der Waals surface area contributed by atoms with Crippen LogP contribution in [0.4, 0.5) is 0 Å². The standard InChI is InChI=1S/C17H17N5O3.C2H4O2/c1-2-6-19-16(24)11-10-12-15(22(8-9-23)14(11)18)20-13-5-3-4-7-21(13)17(12)25;1-2(3)4/h2-5,7,10,18,23H,1,6,8-9H2,(H,19,24);1H3,(H,3,4). The van der Waals surface area contributed by atoms with Crippen LogP contribution >= 0.6 is 0 Å². The number of pyridine rings is 2. The molecular formula is C19H21N5O5. The minimum atomic E-state index is -0.833. The fourth-order valence-electron chi connectivity index (χ4n) is 2.64. The topological polar surface area (TPSA) is 150 Å². The summed E-state index contributed by atoms with van der Waals surface area (Å²) in [7, 11) is 0. The Morgan fingerprint density at radius 3 is 2.69 bits per heavy atom. The van der Waals surface area contributed by atoms with Crippen molar-refractivity contribution in [3.63, 3.8) is 0 Å². The summed E-state index contributed by atoms with van der Waals surface area (Å²) in [6, 6.07) is 6.51. The van der Waals surface area contributed by atoms with E-state index in [1.807, 2.05) is 0 Å². The number of carboxylic acid groups (broad SMARTS) is 1. The molecule has 0 aliphatic rings. The lowest BCUT2D eigenvalue weighted by atomic mass is 10.2. The lowest BCUT2D eigenvalue weighted by Gasteiger charge is -2.13. The Hall–Kier alpha value is -3.79. The summed E-state index contributed by atoms with van der Waals surface area (Å²) in [6.45, 7) is 4.65. The van der Waals surface area contributed by atoms with E-state index >= 15 is 0 Å². The van der Waals surface area contributed by atoms with Crippen LogP contribution in [0.5, 0.6) is 0 Å². The number of nitrogens with one attached hydrogen (secondary N) is 2. The highest BCUT2D eigenvalue weighted by Crippen LogP contribution is 2.10. The Morgan fingerprint density at radius 2 is 2.07 bits per heavy atom. The van der Waals surface area contributed by atoms with Gasteiger partial charge >= 0.3 is 0 Å². The van der Waals surface area contributed by atoms with Gasteiger partial charge in [0.25, 0.3) is 17.4 Å². The number of rotatable bonds is 5. The first kappa shape index (κ1) is 21.5. The van der Waals surface area contributed by atoms with Gasteiger partial charge in [-0.1, -0.05) is 12.1 Å². The molecule has 0 atom stereocenters. The summed E-state index contributed by atoms with van der Waals surface area (Å²) in [6.07, 6.45) is 3.11. The van der Waals surface area contributed by atoms with E-state index in [1.54, 1.807) is 24.4 Å². The summed E-state index contributed by atoms with van der Waals surface area (Å²) in [5.74, 6) is -1.32. The van der Waals surface area contributed by atoms with Gasteiger partial charge in [0, 0.05) is 26.2 Å². The summed E-state index contributed by atoms with van der Waals surface area (Å²) >= 11 is 0. The third-order valence-electron chi connectivity index (χ3n) is 3.79. The first-order chi connectivity index (χ1) is 13.8. The number of amides is 1. The predicted molar refractivity (Wildman–Crippen MR) is 106 cm³/mol. The van der Waals surface area contributed by atoms with Crippen LogP contribution in [0.25, 0.3) is 16.7 Å². The number of aromatic nitrogens is 3. The zero-order valence-electron chi connectivity index (χ0n) is 15.8. The molecule has 3 rings (SSSR count). The summed E-state index contributed by atoms with van der Waals surface area (Å²) in [5, 5.41) is 27.8. The van der Waals surface area contributed by atoms with Crippen molar-refractivity contribution in [1.29, 1.82) is 5.41 Å². The van der Waals surface area contributed by atoms with Gasteiger partial charge in [-0.2, -0.15) is 0 Å². The van der Waals surface area contributed by atoms with Crippen LogP contribution in [0.3, 0.4) is 0 Å². The number of aliphatic hydroxyl groups excluding tert-OH is 1. The van der Waals surface area contributed by atoms with Crippen molar-refractivity contribution >= 4 is 28.6 Å². The van der Waals surface area contributed by atoms with Crippen LogP contribution in [0.2, 0.25) is 0 Å². The summed E-state index contributed by atoms with van der Waals surface area (Å²) < 4.78 is 2.74. The highest BCUT2D eigenvalue weighted by atomic mass is 16.4. The van der Waals surface area contributed by atoms with Crippen molar-refractivity contribution in [1.82, 2.24) is 19.3 Å². The molecule has 0 aliphatic carbocycles. The number of carboxylic acids is 1. The van der Waals surface area contributed by atoms with Gasteiger partial charge in [0.15, 0.2) is 0 Å². The highest BCUT2D eigenvalue weighted by Gasteiger charge is 2.16. The van der Waals surface area contributed by atoms with E-state index in [0.717, 1.165) is 6.92 Å². The van der Waals surface area contributed by atoms with Gasteiger partial charge in [-0.25, -0.2) is 4.98 Å². The van der Waals surface area contributed by atoms with E-state index in [2.05, 4.69) is 16.9 Å². The Balaban J connectivity index is 0.000000687. The van der Waals surface area contributed by atoms with Crippen molar-refractivity contribution in [2.24, 2.45) is 0 Å². The van der Waals surface area contributed by atoms with Crippen LogP contribution in [0, 0.1) is 5.41 Å². The molecule has 0 unspecified atom stereocenters. The molecule has 0 radical (unpaired) electrons. The number of carbonyl (C=O) groups excluding carboxylic acids is 1. The van der Waals surface area contributed by atoms with Crippen molar-refractivity contribution < 1.29 is 19.8 Å². The maximum Gasteiger partial charge on any atom is 0.300 e. The average molecular weight is 399 g/mol. The van der Waals surface area contributed by atoms with Gasteiger partial charge in [-0.15, -0.1) is 6.58 Å². The first-order valence-corrected chi connectivity index (χ1v) is 8.60. The number of aliphatic carboxylic acids is 1. The molecule has 1 amide bonds. The molecule has 4 N–H and O–H groups in total. The van der Waals surface area contributed by atoms with Gasteiger partial charge in [-0.3, -0.25) is 24.2 Å². The van der Waals surface area contributed by atoms with E-state index in [4.69, 9.17) is 15.3 Å². The molecule has 3 heterocycles. The number of carbonyl (C=O) groups is 2. The van der Waals surface area contributed by atoms with E-state index in [-0.39, 0.29) is 47.3 Å². The fourth-order valence-corrected chi connectivity index (χ4v) is 2.64. The lowest BCUT2D eigenvalue weighted by molar-refractivity contribution is -0.134. The molecule has 3 aromatic heterocycles. The molecule has 0 bridgehead atoms. The van der Waals surface area contributed by atoms with Gasteiger partial charge in [-0.05, 0) is 18.2 Å². The minimum absolute atomic E-state index is 0.0394. The molecule has 3 aromatic rings. The quantitative estimate of drug-likeness (QED) is 0.354. The average Bonchev–Trinajstić information content (AvgIpc) is 2.68. The van der Waals surface area contributed by atoms with E-state index in [1.165, 1.54) is 21.1 Å². The van der Waals surface area contributed by atoms with Gasteiger partial charge in [0.1, 0.15) is 16.8 Å². The molecule has 0 saturated heterocycles. The number of hydrogen-bond acceptors (Lipinski definition) is 6. The molecule has 10 nitrogen and oxygen atoms in total. The van der Waals surface area contributed by atoms with Gasteiger partial charge in [0.05, 0.1) is 17.6 Å². The van der Waals surface area contributed by atoms with E-state index in [9.17, 15) is 14.7 Å². The number of fused-ring (bicyclic) bond motifs is 2. The fraction of sp³-hybridized carbons (Fsp3) is 0.211. The summed E-state index contributed by atoms with van der Waals surface area (Å²) in [5.41, 5.74) is 0.267. The van der Waals surface area contributed by atoms with Crippen molar-refractivity contribution in [2.45, 2.75) is 13.5 Å². The van der Waals surface area contributed by atoms with Gasteiger partial charge in [0.2, 0.25) is 0 Å². The predicted octanol–water partition coefficient (Wildman–Crippen LogP) is 0.128. The second kappa shape index (κ2) is 9.42. The normalized spacial score (nSPS) is 10.3.